The number of nitrogens with one attached hydrogen (secondary N) is 2. The van der Waals surface area contributed by atoms with Crippen LogP contribution in [-0.4, -0.2) is 15.0 Å². The van der Waals surface area contributed by atoms with Gasteiger partial charge in [-0.25, -0.2) is 15.2 Å². The maximum Gasteiger partial charge on any atom is 0.239 e. The number of hydrazine groups is 1. The number of aromatic nitrogens is 3. The lowest BCUT2D eigenvalue weighted by atomic mass is 10.1. The molecule has 2 heterocycles. The maximum absolute atomic E-state index is 13.7. The highest BCUT2D eigenvalue weighted by Crippen LogP contribution is 2.26. The van der Waals surface area contributed by atoms with Crippen molar-refractivity contribution in [1.29, 1.82) is 0 Å². The Morgan fingerprint density at radius 3 is 2.90 bits per heavy atom. The van der Waals surface area contributed by atoms with Crippen LogP contribution in [0.2, 0.25) is 0 Å². The second-order valence-corrected chi connectivity index (χ2v) is 4.06. The lowest BCUT2D eigenvalue weighted by molar-refractivity contribution is 0.619. The van der Waals surface area contributed by atoms with Crippen LogP contribution in [0, 0.1) is 5.82 Å². The second-order valence-electron chi connectivity index (χ2n) is 4.06. The van der Waals surface area contributed by atoms with Gasteiger partial charge in [-0.2, -0.15) is 4.98 Å². The third-order valence-corrected chi connectivity index (χ3v) is 2.81. The maximum atomic E-state index is 13.7. The molecule has 3 rings (SSSR count). The predicted molar refractivity (Wildman–Crippen MR) is 74.8 cm³/mol. The zero-order chi connectivity index (χ0) is 13.9. The normalized spacial score (nSPS) is 10.5. The molecule has 0 aliphatic heterocycles. The van der Waals surface area contributed by atoms with Gasteiger partial charge in [0.2, 0.25) is 5.95 Å². The highest BCUT2D eigenvalue weighted by atomic mass is 19.1. The monoisotopic (exact) mass is 270 g/mol. The van der Waals surface area contributed by atoms with E-state index in [1.807, 2.05) is 24.3 Å². The average Bonchev–Trinajstić information content (AvgIpc) is 2.50. The van der Waals surface area contributed by atoms with Gasteiger partial charge in [0.25, 0.3) is 0 Å². The predicted octanol–water partition coefficient (Wildman–Crippen LogP) is 2.19. The summed E-state index contributed by atoms with van der Waals surface area (Å²) in [6.45, 7) is 0. The molecule has 2 aromatic heterocycles. The number of nitrogen functional groups attached to an aromatic ring is 1. The second kappa shape index (κ2) is 5.06. The van der Waals surface area contributed by atoms with Gasteiger partial charge < -0.3 is 5.32 Å². The van der Waals surface area contributed by atoms with E-state index in [4.69, 9.17) is 5.84 Å². The molecule has 4 N–H and O–H groups in total. The molecule has 6 nitrogen and oxygen atoms in total. The summed E-state index contributed by atoms with van der Waals surface area (Å²) in [5, 5.41) is 4.81. The first-order valence-corrected chi connectivity index (χ1v) is 5.87. The first-order valence-electron chi connectivity index (χ1n) is 5.87. The van der Waals surface area contributed by atoms with Gasteiger partial charge in [0, 0.05) is 28.9 Å². The number of anilines is 3. The number of benzene rings is 1. The molecule has 7 heteroatoms. The SMILES string of the molecule is NNc1ncc(F)c(Nc2cccc3cnccc23)n1. The van der Waals surface area contributed by atoms with Crippen LogP contribution in [0.15, 0.2) is 42.9 Å². The van der Waals surface area contributed by atoms with Gasteiger partial charge in [-0.05, 0) is 12.1 Å². The Morgan fingerprint density at radius 1 is 1.15 bits per heavy atom. The molecule has 0 bridgehead atoms. The number of halogens is 1. The van der Waals surface area contributed by atoms with E-state index >= 15 is 0 Å². The molecule has 0 aliphatic rings. The molecular weight excluding hydrogens is 259 g/mol. The molecular formula is C13H11FN6. The van der Waals surface area contributed by atoms with Crippen LogP contribution in [0.4, 0.5) is 21.8 Å². The molecule has 0 amide bonds. The van der Waals surface area contributed by atoms with Crippen LogP contribution in [-0.2, 0) is 0 Å². The Hall–Kier alpha value is -2.80. The van der Waals surface area contributed by atoms with Crippen molar-refractivity contribution in [3.8, 4) is 0 Å². The van der Waals surface area contributed by atoms with Crippen LogP contribution in [0.1, 0.15) is 0 Å². The molecule has 1 aromatic carbocycles. The Bertz CT molecular complexity index is 755. The molecule has 0 unspecified atom stereocenters. The van der Waals surface area contributed by atoms with Crippen LogP contribution in [0.5, 0.6) is 0 Å². The average molecular weight is 270 g/mol. The summed E-state index contributed by atoms with van der Waals surface area (Å²) >= 11 is 0. The van der Waals surface area contributed by atoms with Gasteiger partial charge in [-0.3, -0.25) is 10.4 Å². The van der Waals surface area contributed by atoms with E-state index in [1.54, 1.807) is 12.4 Å². The standard InChI is InChI=1S/C13H11FN6/c14-10-7-17-13(20-15)19-12(10)18-11-3-1-2-8-6-16-5-4-9(8)11/h1-7H,15H2,(H2,17,18,19,20). The van der Waals surface area contributed by atoms with Crippen molar-refractivity contribution in [3.63, 3.8) is 0 Å². The highest BCUT2D eigenvalue weighted by molar-refractivity contribution is 5.94. The van der Waals surface area contributed by atoms with E-state index in [2.05, 4.69) is 25.7 Å². The van der Waals surface area contributed by atoms with Crippen molar-refractivity contribution < 1.29 is 4.39 Å². The van der Waals surface area contributed by atoms with E-state index in [9.17, 15) is 4.39 Å². The molecule has 0 saturated heterocycles. The minimum absolute atomic E-state index is 0.0530. The summed E-state index contributed by atoms with van der Waals surface area (Å²) < 4.78 is 13.7. The van der Waals surface area contributed by atoms with E-state index < -0.39 is 5.82 Å². The first kappa shape index (κ1) is 12.2. The van der Waals surface area contributed by atoms with Gasteiger partial charge in [0.05, 0.1) is 6.20 Å². The molecule has 0 radical (unpaired) electrons. The minimum Gasteiger partial charge on any atom is -0.337 e. The van der Waals surface area contributed by atoms with E-state index in [0.29, 0.717) is 0 Å². The van der Waals surface area contributed by atoms with Crippen LogP contribution in [0.25, 0.3) is 10.8 Å². The molecule has 0 saturated carbocycles. The molecule has 20 heavy (non-hydrogen) atoms. The minimum atomic E-state index is -0.560. The fourth-order valence-corrected chi connectivity index (χ4v) is 1.88. The van der Waals surface area contributed by atoms with Crippen molar-refractivity contribution in [2.24, 2.45) is 5.84 Å². The summed E-state index contributed by atoms with van der Waals surface area (Å²) in [6, 6.07) is 7.46. The van der Waals surface area contributed by atoms with Gasteiger partial charge >= 0.3 is 0 Å². The fourth-order valence-electron chi connectivity index (χ4n) is 1.88. The summed E-state index contributed by atoms with van der Waals surface area (Å²) in [7, 11) is 0. The highest BCUT2D eigenvalue weighted by Gasteiger charge is 2.08. The summed E-state index contributed by atoms with van der Waals surface area (Å²) in [6.07, 6.45) is 4.47. The molecule has 3 aromatic rings. The number of hydrogen-bond donors (Lipinski definition) is 3. The molecule has 0 atom stereocenters. The topological polar surface area (TPSA) is 88.8 Å². The van der Waals surface area contributed by atoms with Gasteiger partial charge in [0.15, 0.2) is 11.6 Å². The van der Waals surface area contributed by atoms with Crippen molar-refractivity contribution in [2.75, 3.05) is 10.7 Å². The third kappa shape index (κ3) is 2.21. The molecule has 100 valence electrons. The Labute approximate surface area is 113 Å². The number of nitrogens with two attached hydrogens (primary N) is 1. The Morgan fingerprint density at radius 2 is 2.05 bits per heavy atom. The van der Waals surface area contributed by atoms with Crippen molar-refractivity contribution in [2.45, 2.75) is 0 Å². The van der Waals surface area contributed by atoms with Crippen LogP contribution >= 0.6 is 0 Å². The zero-order valence-electron chi connectivity index (χ0n) is 10.3. The van der Waals surface area contributed by atoms with E-state index in [-0.39, 0.29) is 11.8 Å². The van der Waals surface area contributed by atoms with Gasteiger partial charge in [-0.1, -0.05) is 12.1 Å². The first-order chi connectivity index (χ1) is 9.78. The lowest BCUT2D eigenvalue weighted by Gasteiger charge is -2.10. The van der Waals surface area contributed by atoms with Gasteiger partial charge in [0.1, 0.15) is 0 Å². The third-order valence-electron chi connectivity index (χ3n) is 2.81. The smallest absolute Gasteiger partial charge is 0.239 e. The largest absolute Gasteiger partial charge is 0.337 e. The lowest BCUT2D eigenvalue weighted by Crippen LogP contribution is -2.12. The van der Waals surface area contributed by atoms with Crippen molar-refractivity contribution >= 4 is 28.2 Å². The van der Waals surface area contributed by atoms with E-state index in [0.717, 1.165) is 22.7 Å². The number of rotatable bonds is 3. The number of nitrogens with zero attached hydrogens (tertiary/aromatic N) is 3. The number of fused-ring (bicyclic) bond motifs is 1. The summed E-state index contributed by atoms with van der Waals surface area (Å²) in [5.74, 6) is 4.85. The van der Waals surface area contributed by atoms with Gasteiger partial charge in [-0.15, -0.1) is 0 Å². The van der Waals surface area contributed by atoms with Crippen LogP contribution in [0.3, 0.4) is 0 Å². The quantitative estimate of drug-likeness (QED) is 0.499. The molecule has 0 spiro atoms. The zero-order valence-corrected chi connectivity index (χ0v) is 10.3. The molecule has 0 aliphatic carbocycles. The van der Waals surface area contributed by atoms with Crippen molar-refractivity contribution in [3.05, 3.63) is 48.7 Å². The summed E-state index contributed by atoms with van der Waals surface area (Å²) in [5.41, 5.74) is 3.01. The van der Waals surface area contributed by atoms with E-state index in [1.165, 1.54) is 0 Å². The Kier molecular flexibility index (Phi) is 3.10. The number of pyridine rings is 1. The number of hydrogen-bond acceptors (Lipinski definition) is 6. The molecule has 0 fully saturated rings. The van der Waals surface area contributed by atoms with Crippen molar-refractivity contribution in [1.82, 2.24) is 15.0 Å². The Balaban J connectivity index is 2.05. The fraction of sp³-hybridized carbons (Fsp3) is 0. The summed E-state index contributed by atoms with van der Waals surface area (Å²) in [4.78, 5) is 11.7. The van der Waals surface area contributed by atoms with Crippen LogP contribution < -0.4 is 16.6 Å².